The second-order valence-electron chi connectivity index (χ2n) is 4.50. The first kappa shape index (κ1) is 12.4. The number of aliphatic hydroxyl groups excluding tert-OH is 1. The molecule has 0 aliphatic carbocycles. The van der Waals surface area contributed by atoms with Gasteiger partial charge in [0.25, 0.3) is 5.91 Å². The molecule has 1 amide bonds. The summed E-state index contributed by atoms with van der Waals surface area (Å²) in [5, 5.41) is 18.6. The average molecular weight is 217 g/mol. The Kier molecular flexibility index (Phi) is 3.70. The van der Waals surface area contributed by atoms with Crippen LogP contribution >= 0.6 is 0 Å². The van der Waals surface area contributed by atoms with E-state index in [0.29, 0.717) is 13.2 Å². The summed E-state index contributed by atoms with van der Waals surface area (Å²) < 4.78 is 5.31. The van der Waals surface area contributed by atoms with Crippen LogP contribution in [0, 0.1) is 0 Å². The van der Waals surface area contributed by atoms with Gasteiger partial charge in [-0.05, 0) is 20.8 Å². The maximum absolute atomic E-state index is 11.8. The lowest BCUT2D eigenvalue weighted by atomic mass is 10.1. The Morgan fingerprint density at radius 1 is 1.60 bits per heavy atom. The molecule has 0 aromatic heterocycles. The molecule has 0 aromatic carbocycles. The van der Waals surface area contributed by atoms with Crippen molar-refractivity contribution in [1.29, 1.82) is 0 Å². The van der Waals surface area contributed by atoms with Gasteiger partial charge in [-0.15, -0.1) is 0 Å². The number of amides is 1. The number of aliphatic hydroxyl groups is 2. The first-order valence-electron chi connectivity index (χ1n) is 5.12. The van der Waals surface area contributed by atoms with Gasteiger partial charge in [0, 0.05) is 6.54 Å². The van der Waals surface area contributed by atoms with E-state index in [-0.39, 0.29) is 24.7 Å². The lowest BCUT2D eigenvalue weighted by Crippen LogP contribution is -2.57. The van der Waals surface area contributed by atoms with E-state index in [1.807, 2.05) is 6.92 Å². The predicted octanol–water partition coefficient (Wildman–Crippen LogP) is -0.635. The molecular weight excluding hydrogens is 198 g/mol. The Balaban J connectivity index is 2.70. The lowest BCUT2D eigenvalue weighted by molar-refractivity contribution is -0.162. The third-order valence-corrected chi connectivity index (χ3v) is 2.49. The zero-order valence-corrected chi connectivity index (χ0v) is 9.43. The van der Waals surface area contributed by atoms with Crippen molar-refractivity contribution in [1.82, 2.24) is 4.90 Å². The van der Waals surface area contributed by atoms with Crippen LogP contribution in [0.2, 0.25) is 0 Å². The topological polar surface area (TPSA) is 70.0 Å². The first-order chi connectivity index (χ1) is 6.86. The summed E-state index contributed by atoms with van der Waals surface area (Å²) in [4.78, 5) is 13.4. The van der Waals surface area contributed by atoms with Gasteiger partial charge >= 0.3 is 0 Å². The van der Waals surface area contributed by atoms with Gasteiger partial charge in [0.15, 0.2) is 0 Å². The van der Waals surface area contributed by atoms with Gasteiger partial charge in [-0.3, -0.25) is 4.79 Å². The molecule has 1 fully saturated rings. The van der Waals surface area contributed by atoms with E-state index in [4.69, 9.17) is 9.84 Å². The summed E-state index contributed by atoms with van der Waals surface area (Å²) in [6, 6.07) is -0.0632. The summed E-state index contributed by atoms with van der Waals surface area (Å²) >= 11 is 0. The lowest BCUT2D eigenvalue weighted by Gasteiger charge is -2.39. The number of morpholine rings is 1. The van der Waals surface area contributed by atoms with Gasteiger partial charge in [-0.1, -0.05) is 0 Å². The van der Waals surface area contributed by atoms with Crippen LogP contribution in [0.4, 0.5) is 0 Å². The van der Waals surface area contributed by atoms with Crippen molar-refractivity contribution < 1.29 is 19.7 Å². The summed E-state index contributed by atoms with van der Waals surface area (Å²) in [6.07, 6.45) is -0.340. The Morgan fingerprint density at radius 3 is 2.67 bits per heavy atom. The second kappa shape index (κ2) is 4.47. The predicted molar refractivity (Wildman–Crippen MR) is 54.3 cm³/mol. The SMILES string of the molecule is CC1COC(CO)CN1C(=O)C(C)(C)O. The van der Waals surface area contributed by atoms with Gasteiger partial charge in [0.2, 0.25) is 0 Å². The smallest absolute Gasteiger partial charge is 0.254 e. The molecule has 1 saturated heterocycles. The van der Waals surface area contributed by atoms with Crippen molar-refractivity contribution in [2.45, 2.75) is 38.5 Å². The molecule has 88 valence electrons. The van der Waals surface area contributed by atoms with Crippen molar-refractivity contribution >= 4 is 5.91 Å². The fourth-order valence-electron chi connectivity index (χ4n) is 1.56. The van der Waals surface area contributed by atoms with E-state index in [1.54, 1.807) is 4.90 Å². The second-order valence-corrected chi connectivity index (χ2v) is 4.50. The molecule has 0 spiro atoms. The number of ether oxygens (including phenoxy) is 1. The molecule has 2 unspecified atom stereocenters. The van der Waals surface area contributed by atoms with Crippen LogP contribution in [0.1, 0.15) is 20.8 Å². The Hall–Kier alpha value is -0.650. The summed E-state index contributed by atoms with van der Waals surface area (Å²) in [5.74, 6) is -0.322. The summed E-state index contributed by atoms with van der Waals surface area (Å²) in [6.45, 7) is 5.41. The van der Waals surface area contributed by atoms with Crippen LogP contribution in [-0.4, -0.2) is 58.5 Å². The van der Waals surface area contributed by atoms with E-state index in [9.17, 15) is 9.90 Å². The largest absolute Gasteiger partial charge is 0.394 e. The minimum Gasteiger partial charge on any atom is -0.394 e. The number of carbonyl (C=O) groups is 1. The maximum atomic E-state index is 11.8. The molecule has 0 aromatic rings. The van der Waals surface area contributed by atoms with Crippen LogP contribution in [0.3, 0.4) is 0 Å². The standard InChI is InChI=1S/C10H19NO4/c1-7-6-15-8(5-12)4-11(7)9(13)10(2,3)14/h7-8,12,14H,4-6H2,1-3H3. The monoisotopic (exact) mass is 217 g/mol. The van der Waals surface area contributed by atoms with E-state index >= 15 is 0 Å². The highest BCUT2D eigenvalue weighted by Gasteiger charge is 2.36. The van der Waals surface area contributed by atoms with E-state index in [2.05, 4.69) is 0 Å². The minimum absolute atomic E-state index is 0.0632. The number of nitrogens with zero attached hydrogens (tertiary/aromatic N) is 1. The van der Waals surface area contributed by atoms with Crippen LogP contribution in [0.25, 0.3) is 0 Å². The van der Waals surface area contributed by atoms with E-state index in [1.165, 1.54) is 13.8 Å². The molecular formula is C10H19NO4. The molecule has 0 radical (unpaired) electrons. The fraction of sp³-hybridized carbons (Fsp3) is 0.900. The molecule has 1 aliphatic heterocycles. The van der Waals surface area contributed by atoms with Gasteiger partial charge < -0.3 is 19.8 Å². The number of hydrogen-bond donors (Lipinski definition) is 2. The van der Waals surface area contributed by atoms with Crippen LogP contribution in [0.15, 0.2) is 0 Å². The van der Waals surface area contributed by atoms with E-state index in [0.717, 1.165) is 0 Å². The van der Waals surface area contributed by atoms with Gasteiger partial charge in [0.05, 0.1) is 25.4 Å². The van der Waals surface area contributed by atoms with Crippen LogP contribution in [-0.2, 0) is 9.53 Å². The van der Waals surface area contributed by atoms with Gasteiger partial charge in [-0.25, -0.2) is 0 Å². The number of carbonyl (C=O) groups excluding carboxylic acids is 1. The first-order valence-corrected chi connectivity index (χ1v) is 5.12. The molecule has 5 nitrogen and oxygen atoms in total. The number of hydrogen-bond acceptors (Lipinski definition) is 4. The third kappa shape index (κ3) is 2.90. The quantitative estimate of drug-likeness (QED) is 0.646. The highest BCUT2D eigenvalue weighted by molar-refractivity contribution is 5.84. The van der Waals surface area contributed by atoms with E-state index < -0.39 is 5.60 Å². The highest BCUT2D eigenvalue weighted by atomic mass is 16.5. The molecule has 0 saturated carbocycles. The Bertz CT molecular complexity index is 236. The van der Waals surface area contributed by atoms with Crippen LogP contribution < -0.4 is 0 Å². The normalized spacial score (nSPS) is 27.9. The molecule has 0 bridgehead atoms. The van der Waals surface area contributed by atoms with Gasteiger partial charge in [-0.2, -0.15) is 0 Å². The molecule has 1 heterocycles. The third-order valence-electron chi connectivity index (χ3n) is 2.49. The van der Waals surface area contributed by atoms with Crippen LogP contribution in [0.5, 0.6) is 0 Å². The molecule has 5 heteroatoms. The molecule has 1 rings (SSSR count). The zero-order valence-electron chi connectivity index (χ0n) is 9.43. The van der Waals surface area contributed by atoms with Crippen molar-refractivity contribution in [2.24, 2.45) is 0 Å². The fourth-order valence-corrected chi connectivity index (χ4v) is 1.56. The summed E-state index contributed by atoms with van der Waals surface area (Å²) in [5.41, 5.74) is -1.37. The van der Waals surface area contributed by atoms with Crippen molar-refractivity contribution in [3.8, 4) is 0 Å². The van der Waals surface area contributed by atoms with Crippen molar-refractivity contribution in [3.05, 3.63) is 0 Å². The summed E-state index contributed by atoms with van der Waals surface area (Å²) in [7, 11) is 0. The molecule has 1 aliphatic rings. The Morgan fingerprint density at radius 2 is 2.20 bits per heavy atom. The maximum Gasteiger partial charge on any atom is 0.254 e. The average Bonchev–Trinajstić information content (AvgIpc) is 2.16. The molecule has 2 N–H and O–H groups in total. The number of rotatable bonds is 2. The van der Waals surface area contributed by atoms with Crippen molar-refractivity contribution in [3.63, 3.8) is 0 Å². The van der Waals surface area contributed by atoms with Crippen molar-refractivity contribution in [2.75, 3.05) is 19.8 Å². The minimum atomic E-state index is -1.37. The zero-order chi connectivity index (χ0) is 11.6. The molecule has 2 atom stereocenters. The molecule has 15 heavy (non-hydrogen) atoms. The Labute approximate surface area is 89.6 Å². The van der Waals surface area contributed by atoms with Gasteiger partial charge in [0.1, 0.15) is 5.60 Å². The highest BCUT2D eigenvalue weighted by Crippen LogP contribution is 2.16.